The number of anilines is 1. The van der Waals surface area contributed by atoms with Gasteiger partial charge in [0.25, 0.3) is 0 Å². The number of hydrogen-bond donors (Lipinski definition) is 1. The molecule has 0 amide bonds. The number of hydrogen-bond acceptors (Lipinski definition) is 3. The Morgan fingerprint density at radius 2 is 1.69 bits per heavy atom. The van der Waals surface area contributed by atoms with Gasteiger partial charge in [-0.05, 0) is 76.9 Å². The number of benzene rings is 3. The van der Waals surface area contributed by atoms with Crippen LogP contribution in [0, 0.1) is 11.6 Å². The summed E-state index contributed by atoms with van der Waals surface area (Å²) in [6, 6.07) is 14.1. The number of ether oxygens (including phenoxy) is 2. The van der Waals surface area contributed by atoms with Crippen molar-refractivity contribution >= 4 is 33.2 Å². The highest BCUT2D eigenvalue weighted by molar-refractivity contribution is 9.10. The fraction of sp³-hybridized carbons (Fsp3) is 0.182. The molecule has 1 N–H and O–H groups in total. The summed E-state index contributed by atoms with van der Waals surface area (Å²) in [5.41, 5.74) is 2.44. The van der Waals surface area contributed by atoms with E-state index in [1.807, 2.05) is 19.1 Å². The van der Waals surface area contributed by atoms with E-state index >= 15 is 0 Å². The van der Waals surface area contributed by atoms with Crippen molar-refractivity contribution in [3.8, 4) is 11.5 Å². The van der Waals surface area contributed by atoms with Crippen molar-refractivity contribution in [1.29, 1.82) is 0 Å². The van der Waals surface area contributed by atoms with Crippen LogP contribution in [-0.4, -0.2) is 6.61 Å². The van der Waals surface area contributed by atoms with E-state index in [1.54, 1.807) is 18.2 Å². The van der Waals surface area contributed by atoms with Crippen molar-refractivity contribution in [2.45, 2.75) is 20.1 Å². The van der Waals surface area contributed by atoms with Crippen LogP contribution < -0.4 is 14.8 Å². The molecule has 0 aliphatic heterocycles. The van der Waals surface area contributed by atoms with Crippen molar-refractivity contribution < 1.29 is 18.3 Å². The molecule has 0 aromatic heterocycles. The average molecular weight is 483 g/mol. The summed E-state index contributed by atoms with van der Waals surface area (Å²) < 4.78 is 38.6. The third-order valence-electron chi connectivity index (χ3n) is 4.10. The highest BCUT2D eigenvalue weighted by Crippen LogP contribution is 2.38. The normalized spacial score (nSPS) is 10.7. The lowest BCUT2D eigenvalue weighted by Gasteiger charge is -2.16. The van der Waals surface area contributed by atoms with Gasteiger partial charge >= 0.3 is 0 Å². The second-order valence-electron chi connectivity index (χ2n) is 6.22. The molecule has 0 bridgehead atoms. The Kier molecular flexibility index (Phi) is 7.34. The predicted octanol–water partition coefficient (Wildman–Crippen LogP) is 6.97. The maximum atomic E-state index is 13.2. The molecule has 3 nitrogen and oxygen atoms in total. The van der Waals surface area contributed by atoms with Crippen LogP contribution >= 0.6 is 27.5 Å². The quantitative estimate of drug-likeness (QED) is 0.376. The molecule has 7 heteroatoms. The van der Waals surface area contributed by atoms with Gasteiger partial charge in [-0.3, -0.25) is 0 Å². The van der Waals surface area contributed by atoms with Crippen LogP contribution in [0.2, 0.25) is 5.02 Å². The summed E-state index contributed by atoms with van der Waals surface area (Å²) >= 11 is 9.61. The first kappa shape index (κ1) is 21.4. The lowest BCUT2D eigenvalue weighted by molar-refractivity contribution is 0.267. The standard InChI is InChI=1S/C22H19BrClF2NO2/c1-2-28-21-10-14(12-27-18-7-5-16(25)6-8-18)9-19(23)22(21)29-13-15-3-4-17(26)11-20(15)24/h3-11,27H,2,12-13H2,1H3. The van der Waals surface area contributed by atoms with Crippen LogP contribution in [0.15, 0.2) is 59.1 Å². The average Bonchev–Trinajstić information content (AvgIpc) is 2.68. The minimum Gasteiger partial charge on any atom is -0.490 e. The number of nitrogens with one attached hydrogen (secondary N) is 1. The Bertz CT molecular complexity index is 983. The van der Waals surface area contributed by atoms with Gasteiger partial charge in [0.15, 0.2) is 11.5 Å². The summed E-state index contributed by atoms with van der Waals surface area (Å²) in [5.74, 6) is 0.446. The first-order chi connectivity index (χ1) is 14.0. The van der Waals surface area contributed by atoms with Gasteiger partial charge in [0.2, 0.25) is 0 Å². The van der Waals surface area contributed by atoms with Crippen molar-refractivity contribution in [3.63, 3.8) is 0 Å². The van der Waals surface area contributed by atoms with E-state index in [0.717, 1.165) is 15.7 Å². The Balaban J connectivity index is 1.75. The van der Waals surface area contributed by atoms with Crippen molar-refractivity contribution in [2.75, 3.05) is 11.9 Å². The summed E-state index contributed by atoms with van der Waals surface area (Å²) in [5, 5.41) is 3.54. The largest absolute Gasteiger partial charge is 0.490 e. The predicted molar refractivity (Wildman–Crippen MR) is 115 cm³/mol. The molecular formula is C22H19BrClF2NO2. The molecule has 0 atom stereocenters. The van der Waals surface area contributed by atoms with Gasteiger partial charge in [0.05, 0.1) is 16.1 Å². The van der Waals surface area contributed by atoms with Gasteiger partial charge in [0.1, 0.15) is 18.2 Å². The third kappa shape index (κ3) is 5.84. The van der Waals surface area contributed by atoms with Crippen LogP contribution in [0.3, 0.4) is 0 Å². The van der Waals surface area contributed by atoms with Crippen LogP contribution in [0.25, 0.3) is 0 Å². The molecule has 152 valence electrons. The fourth-order valence-corrected chi connectivity index (χ4v) is 3.51. The monoisotopic (exact) mass is 481 g/mol. The smallest absolute Gasteiger partial charge is 0.175 e. The van der Waals surface area contributed by atoms with Gasteiger partial charge < -0.3 is 14.8 Å². The Morgan fingerprint density at radius 3 is 2.38 bits per heavy atom. The molecule has 3 rings (SSSR count). The van der Waals surface area contributed by atoms with E-state index < -0.39 is 5.82 Å². The maximum absolute atomic E-state index is 13.2. The van der Waals surface area contributed by atoms with Crippen LogP contribution in [0.5, 0.6) is 11.5 Å². The third-order valence-corrected chi connectivity index (χ3v) is 5.04. The molecule has 3 aromatic rings. The van der Waals surface area contributed by atoms with Crippen molar-refractivity contribution in [2.24, 2.45) is 0 Å². The fourth-order valence-electron chi connectivity index (χ4n) is 2.69. The van der Waals surface area contributed by atoms with E-state index in [-0.39, 0.29) is 12.4 Å². The summed E-state index contributed by atoms with van der Waals surface area (Å²) in [6.07, 6.45) is 0. The molecule has 0 aliphatic carbocycles. The minimum atomic E-state index is -0.395. The van der Waals surface area contributed by atoms with Gasteiger partial charge in [-0.15, -0.1) is 0 Å². The zero-order valence-corrected chi connectivity index (χ0v) is 18.0. The molecule has 0 unspecified atom stereocenters. The van der Waals surface area contributed by atoms with E-state index in [9.17, 15) is 8.78 Å². The summed E-state index contributed by atoms with van der Waals surface area (Å²) in [4.78, 5) is 0. The van der Waals surface area contributed by atoms with Crippen LogP contribution in [-0.2, 0) is 13.2 Å². The van der Waals surface area contributed by atoms with Crippen LogP contribution in [0.1, 0.15) is 18.1 Å². The Morgan fingerprint density at radius 1 is 0.966 bits per heavy atom. The highest BCUT2D eigenvalue weighted by Gasteiger charge is 2.14. The van der Waals surface area contributed by atoms with Crippen molar-refractivity contribution in [1.82, 2.24) is 0 Å². The minimum absolute atomic E-state index is 0.172. The highest BCUT2D eigenvalue weighted by atomic mass is 79.9. The molecule has 0 aliphatic rings. The van der Waals surface area contributed by atoms with Gasteiger partial charge in [-0.25, -0.2) is 8.78 Å². The molecule has 0 fully saturated rings. The molecule has 0 spiro atoms. The Labute approximate surface area is 181 Å². The SMILES string of the molecule is CCOc1cc(CNc2ccc(F)cc2)cc(Br)c1OCc1ccc(F)cc1Cl. The first-order valence-corrected chi connectivity index (χ1v) is 10.1. The topological polar surface area (TPSA) is 30.5 Å². The molecular weight excluding hydrogens is 464 g/mol. The molecule has 0 radical (unpaired) electrons. The summed E-state index contributed by atoms with van der Waals surface area (Å²) in [7, 11) is 0. The zero-order valence-electron chi connectivity index (χ0n) is 15.6. The van der Waals surface area contributed by atoms with Gasteiger partial charge in [0, 0.05) is 17.8 Å². The van der Waals surface area contributed by atoms with Gasteiger partial charge in [-0.1, -0.05) is 17.7 Å². The van der Waals surface area contributed by atoms with Gasteiger partial charge in [-0.2, -0.15) is 0 Å². The lowest BCUT2D eigenvalue weighted by Crippen LogP contribution is -2.04. The molecule has 3 aromatic carbocycles. The second kappa shape index (κ2) is 9.94. The van der Waals surface area contributed by atoms with Crippen molar-refractivity contribution in [3.05, 3.63) is 86.9 Å². The van der Waals surface area contributed by atoms with E-state index in [0.29, 0.717) is 35.2 Å². The maximum Gasteiger partial charge on any atom is 0.175 e. The molecule has 0 heterocycles. The first-order valence-electron chi connectivity index (χ1n) is 8.97. The van der Waals surface area contributed by atoms with Crippen LogP contribution in [0.4, 0.5) is 14.5 Å². The zero-order chi connectivity index (χ0) is 20.8. The molecule has 0 saturated carbocycles. The Hall–Kier alpha value is -2.31. The lowest BCUT2D eigenvalue weighted by atomic mass is 10.2. The van der Waals surface area contributed by atoms with E-state index in [1.165, 1.54) is 24.3 Å². The number of halogens is 4. The van der Waals surface area contributed by atoms with E-state index in [2.05, 4.69) is 21.2 Å². The molecule has 0 saturated heterocycles. The number of rotatable bonds is 8. The molecule has 29 heavy (non-hydrogen) atoms. The van der Waals surface area contributed by atoms with E-state index in [4.69, 9.17) is 21.1 Å². The summed E-state index contributed by atoms with van der Waals surface area (Å²) in [6.45, 7) is 3.05. The second-order valence-corrected chi connectivity index (χ2v) is 7.48.